The van der Waals surface area contributed by atoms with E-state index in [9.17, 15) is 9.18 Å². The highest BCUT2D eigenvalue weighted by Gasteiger charge is 2.32. The molecule has 1 aliphatic rings. The molecule has 5 heteroatoms. The molecule has 0 unspecified atom stereocenters. The van der Waals surface area contributed by atoms with Gasteiger partial charge in [0.1, 0.15) is 5.82 Å². The molecule has 136 valence electrons. The van der Waals surface area contributed by atoms with Crippen LogP contribution in [-0.4, -0.2) is 10.9 Å². The minimum Gasteiger partial charge on any atom is -0.399 e. The molecule has 4 nitrogen and oxygen atoms in total. The summed E-state index contributed by atoms with van der Waals surface area (Å²) in [5, 5.41) is 0. The first kappa shape index (κ1) is 17.1. The number of hydrogen-bond acceptors (Lipinski definition) is 2. The number of aromatic amines is 1. The Hall–Kier alpha value is -3.34. The van der Waals surface area contributed by atoms with Crippen LogP contribution in [-0.2, 0) is 11.3 Å². The lowest BCUT2D eigenvalue weighted by Gasteiger charge is -2.17. The number of nitrogen functional groups attached to an aromatic ring is 1. The second-order valence-corrected chi connectivity index (χ2v) is 6.90. The van der Waals surface area contributed by atoms with Gasteiger partial charge in [0.05, 0.1) is 17.8 Å². The van der Waals surface area contributed by atoms with Gasteiger partial charge in [0.25, 0.3) is 5.91 Å². The standard InChI is InChI=1S/C22H20FN3O/c1-13-8-14(2)25-20(13)11-19-18-10-17(24)6-7-21(18)26(22(19)27)12-15-4-3-5-16(23)9-15/h3-11,25H,12,24H2,1-2H3. The largest absolute Gasteiger partial charge is 0.399 e. The lowest BCUT2D eigenvalue weighted by atomic mass is 10.0. The summed E-state index contributed by atoms with van der Waals surface area (Å²) in [6.45, 7) is 4.28. The molecule has 3 aromatic rings. The summed E-state index contributed by atoms with van der Waals surface area (Å²) < 4.78 is 13.6. The van der Waals surface area contributed by atoms with Gasteiger partial charge in [-0.3, -0.25) is 4.79 Å². The van der Waals surface area contributed by atoms with Gasteiger partial charge in [0, 0.05) is 22.6 Å². The van der Waals surface area contributed by atoms with Crippen molar-refractivity contribution in [3.63, 3.8) is 0 Å². The van der Waals surface area contributed by atoms with E-state index < -0.39 is 0 Å². The van der Waals surface area contributed by atoms with Gasteiger partial charge in [-0.05, 0) is 67.4 Å². The van der Waals surface area contributed by atoms with Crippen molar-refractivity contribution in [2.75, 3.05) is 10.6 Å². The average Bonchev–Trinajstić information content (AvgIpc) is 3.06. The fourth-order valence-corrected chi connectivity index (χ4v) is 3.53. The molecule has 0 atom stereocenters. The number of amides is 1. The van der Waals surface area contributed by atoms with Crippen LogP contribution in [0, 0.1) is 19.7 Å². The normalized spacial score (nSPS) is 14.9. The Balaban J connectivity index is 1.79. The number of nitrogens with one attached hydrogen (secondary N) is 1. The minimum absolute atomic E-state index is 0.119. The summed E-state index contributed by atoms with van der Waals surface area (Å²) in [6, 6.07) is 13.8. The van der Waals surface area contributed by atoms with Crippen LogP contribution < -0.4 is 10.6 Å². The first-order valence-corrected chi connectivity index (χ1v) is 8.76. The molecular formula is C22H20FN3O. The molecular weight excluding hydrogens is 341 g/mol. The quantitative estimate of drug-likeness (QED) is 0.535. The van der Waals surface area contributed by atoms with Gasteiger partial charge in [-0.1, -0.05) is 12.1 Å². The van der Waals surface area contributed by atoms with Crippen LogP contribution in [0.2, 0.25) is 0 Å². The minimum atomic E-state index is -0.315. The number of fused-ring (bicyclic) bond motifs is 1. The Morgan fingerprint density at radius 2 is 1.96 bits per heavy atom. The van der Waals surface area contributed by atoms with E-state index in [1.807, 2.05) is 44.2 Å². The molecule has 1 amide bonds. The van der Waals surface area contributed by atoms with Gasteiger partial charge < -0.3 is 15.6 Å². The van der Waals surface area contributed by atoms with E-state index in [1.165, 1.54) is 12.1 Å². The first-order valence-electron chi connectivity index (χ1n) is 8.76. The fourth-order valence-electron chi connectivity index (χ4n) is 3.53. The van der Waals surface area contributed by atoms with Gasteiger partial charge in [-0.15, -0.1) is 0 Å². The number of rotatable bonds is 3. The molecule has 3 N–H and O–H groups in total. The molecule has 4 rings (SSSR count). The number of halogens is 1. The predicted molar refractivity (Wildman–Crippen MR) is 107 cm³/mol. The number of hydrogen-bond donors (Lipinski definition) is 2. The lowest BCUT2D eigenvalue weighted by Crippen LogP contribution is -2.25. The van der Waals surface area contributed by atoms with E-state index in [-0.39, 0.29) is 11.7 Å². The summed E-state index contributed by atoms with van der Waals surface area (Å²) in [5.74, 6) is -0.434. The molecule has 2 heterocycles. The Morgan fingerprint density at radius 1 is 1.15 bits per heavy atom. The van der Waals surface area contributed by atoms with Crippen molar-refractivity contribution in [1.82, 2.24) is 4.98 Å². The summed E-state index contributed by atoms with van der Waals surface area (Å²) >= 11 is 0. The number of aromatic nitrogens is 1. The van der Waals surface area contributed by atoms with Crippen LogP contribution in [0.5, 0.6) is 0 Å². The highest BCUT2D eigenvalue weighted by atomic mass is 19.1. The van der Waals surface area contributed by atoms with Crippen molar-refractivity contribution in [2.24, 2.45) is 0 Å². The molecule has 0 fully saturated rings. The fraction of sp³-hybridized carbons (Fsp3) is 0.136. The van der Waals surface area contributed by atoms with Crippen molar-refractivity contribution in [1.29, 1.82) is 0 Å². The highest BCUT2D eigenvalue weighted by Crippen LogP contribution is 2.40. The number of anilines is 2. The molecule has 27 heavy (non-hydrogen) atoms. The van der Waals surface area contributed by atoms with Gasteiger partial charge in [0.15, 0.2) is 0 Å². The summed E-state index contributed by atoms with van der Waals surface area (Å²) in [4.78, 5) is 18.1. The van der Waals surface area contributed by atoms with Crippen molar-refractivity contribution in [3.05, 3.63) is 82.4 Å². The van der Waals surface area contributed by atoms with E-state index in [2.05, 4.69) is 4.98 Å². The van der Waals surface area contributed by atoms with Crippen molar-refractivity contribution < 1.29 is 9.18 Å². The van der Waals surface area contributed by atoms with Crippen molar-refractivity contribution >= 4 is 28.9 Å². The topological polar surface area (TPSA) is 62.1 Å². The van der Waals surface area contributed by atoms with Crippen LogP contribution in [0.1, 0.15) is 28.1 Å². The Bertz CT molecular complexity index is 1080. The van der Waals surface area contributed by atoms with Crippen LogP contribution >= 0.6 is 0 Å². The van der Waals surface area contributed by atoms with Crippen LogP contribution in [0.3, 0.4) is 0 Å². The zero-order valence-corrected chi connectivity index (χ0v) is 15.2. The third kappa shape index (κ3) is 3.12. The van der Waals surface area contributed by atoms with Gasteiger partial charge >= 0.3 is 0 Å². The second kappa shape index (κ2) is 6.43. The zero-order chi connectivity index (χ0) is 19.1. The maximum atomic E-state index is 13.6. The van der Waals surface area contributed by atoms with E-state index in [0.29, 0.717) is 17.8 Å². The molecule has 0 aliphatic carbocycles. The lowest BCUT2D eigenvalue weighted by molar-refractivity contribution is -0.113. The van der Waals surface area contributed by atoms with Gasteiger partial charge in [0.2, 0.25) is 0 Å². The van der Waals surface area contributed by atoms with Gasteiger partial charge in [-0.2, -0.15) is 0 Å². The first-order chi connectivity index (χ1) is 12.9. The number of nitrogens with zero attached hydrogens (tertiary/aromatic N) is 1. The zero-order valence-electron chi connectivity index (χ0n) is 15.2. The summed E-state index contributed by atoms with van der Waals surface area (Å²) in [5.41, 5.74) is 12.5. The second-order valence-electron chi connectivity index (χ2n) is 6.90. The number of carbonyl (C=O) groups is 1. The third-order valence-corrected chi connectivity index (χ3v) is 4.79. The number of aryl methyl sites for hydroxylation is 2. The average molecular weight is 361 g/mol. The molecule has 0 saturated carbocycles. The number of nitrogens with two attached hydrogens (primary N) is 1. The highest BCUT2D eigenvalue weighted by molar-refractivity contribution is 6.35. The number of benzene rings is 2. The Kier molecular flexibility index (Phi) is 4.07. The molecule has 1 aromatic heterocycles. The molecule has 2 aromatic carbocycles. The monoisotopic (exact) mass is 361 g/mol. The maximum absolute atomic E-state index is 13.6. The molecule has 0 saturated heterocycles. The van der Waals surface area contributed by atoms with E-state index >= 15 is 0 Å². The van der Waals surface area contributed by atoms with E-state index in [4.69, 9.17) is 5.73 Å². The smallest absolute Gasteiger partial charge is 0.259 e. The third-order valence-electron chi connectivity index (χ3n) is 4.79. The summed E-state index contributed by atoms with van der Waals surface area (Å²) in [6.07, 6.45) is 1.87. The SMILES string of the molecule is Cc1cc(C)c(C=C2C(=O)N(Cc3cccc(F)c3)c3ccc(N)cc32)[nH]1. The molecule has 0 radical (unpaired) electrons. The van der Waals surface area contributed by atoms with Crippen LogP contribution in [0.15, 0.2) is 48.5 Å². The van der Waals surface area contributed by atoms with Crippen molar-refractivity contribution in [3.8, 4) is 0 Å². The maximum Gasteiger partial charge on any atom is 0.259 e. The predicted octanol–water partition coefficient (Wildman–Crippen LogP) is 4.44. The van der Waals surface area contributed by atoms with Gasteiger partial charge in [-0.25, -0.2) is 4.39 Å². The Morgan fingerprint density at radius 3 is 2.67 bits per heavy atom. The van der Waals surface area contributed by atoms with Crippen molar-refractivity contribution in [2.45, 2.75) is 20.4 Å². The van der Waals surface area contributed by atoms with E-state index in [0.717, 1.165) is 33.8 Å². The number of H-pyrrole nitrogens is 1. The van der Waals surface area contributed by atoms with Crippen LogP contribution in [0.4, 0.5) is 15.8 Å². The Labute approximate surface area is 157 Å². The molecule has 0 spiro atoms. The summed E-state index contributed by atoms with van der Waals surface area (Å²) in [7, 11) is 0. The van der Waals surface area contributed by atoms with E-state index in [1.54, 1.807) is 17.0 Å². The number of carbonyl (C=O) groups excluding carboxylic acids is 1. The molecule has 0 bridgehead atoms. The molecule has 1 aliphatic heterocycles. The van der Waals surface area contributed by atoms with Crippen LogP contribution in [0.25, 0.3) is 11.6 Å².